The number of benzene rings is 8. The Morgan fingerprint density at radius 1 is 0.356 bits per heavy atom. The third kappa shape index (κ3) is 4.17. The fourth-order valence-corrected chi connectivity index (χ4v) is 6.31. The first-order valence-electron chi connectivity index (χ1n) is 20.0. The zero-order chi connectivity index (χ0) is 39.3. The molecule has 0 saturated carbocycles. The molecular weight excluding hydrogens is 544 g/mol. The van der Waals surface area contributed by atoms with Crippen LogP contribution in [0.25, 0.3) is 88.0 Å². The Kier molecular flexibility index (Phi) is 3.87. The highest BCUT2D eigenvalue weighted by molar-refractivity contribution is 6.23. The zero-order valence-electron chi connectivity index (χ0n) is 34.7. The van der Waals surface area contributed by atoms with Crippen LogP contribution in [0.2, 0.25) is 0 Å². The van der Waals surface area contributed by atoms with Gasteiger partial charge in [0.05, 0.1) is 15.1 Å². The minimum Gasteiger partial charge on any atom is -0.456 e. The minimum atomic E-state index is -0.624. The summed E-state index contributed by atoms with van der Waals surface area (Å²) in [5.74, 6) is 0. The van der Waals surface area contributed by atoms with E-state index in [1.54, 1.807) is 0 Å². The highest BCUT2D eigenvalue weighted by Gasteiger charge is 2.21. The Bertz CT molecular complexity index is 3050. The van der Waals surface area contributed by atoms with Gasteiger partial charge in [-0.25, -0.2) is 0 Å². The van der Waals surface area contributed by atoms with Gasteiger partial charge in [-0.3, -0.25) is 0 Å². The van der Waals surface area contributed by atoms with Crippen molar-refractivity contribution in [3.63, 3.8) is 0 Å². The molecule has 9 aromatic rings. The predicted molar refractivity (Wildman–Crippen MR) is 190 cm³/mol. The molecule has 1 heteroatoms. The Hall–Kier alpha value is -5.92. The molecule has 0 radical (unpaired) electrons. The normalized spacial score (nSPS) is 15.0. The van der Waals surface area contributed by atoms with Crippen LogP contribution >= 0.6 is 0 Å². The molecule has 0 aliphatic heterocycles. The van der Waals surface area contributed by atoms with Crippen LogP contribution in [-0.4, -0.2) is 0 Å². The van der Waals surface area contributed by atoms with E-state index in [2.05, 4.69) is 24.3 Å². The maximum absolute atomic E-state index is 9.86. The van der Waals surface area contributed by atoms with Gasteiger partial charge in [0.15, 0.2) is 0 Å². The van der Waals surface area contributed by atoms with Crippen LogP contribution in [-0.2, 0) is 0 Å². The van der Waals surface area contributed by atoms with Crippen molar-refractivity contribution in [2.75, 3.05) is 0 Å². The van der Waals surface area contributed by atoms with Crippen molar-refractivity contribution >= 4 is 43.5 Å². The maximum Gasteiger partial charge on any atom is 0.136 e. The largest absolute Gasteiger partial charge is 0.456 e. The van der Waals surface area contributed by atoms with E-state index in [0.29, 0.717) is 16.3 Å². The summed E-state index contributed by atoms with van der Waals surface area (Å²) in [6.07, 6.45) is 0. The molecule has 0 saturated heterocycles. The molecule has 45 heavy (non-hydrogen) atoms. The Morgan fingerprint density at radius 2 is 0.911 bits per heavy atom. The van der Waals surface area contributed by atoms with Crippen molar-refractivity contribution in [1.29, 1.82) is 0 Å². The highest BCUT2D eigenvalue weighted by atomic mass is 16.3. The number of para-hydroxylation sites is 1. The van der Waals surface area contributed by atoms with E-state index in [4.69, 9.17) is 16.8 Å². The van der Waals surface area contributed by atoms with Crippen LogP contribution in [0.15, 0.2) is 174 Å². The molecular formula is C44H28O. The SMILES string of the molecule is [2H]c1c([2H])c([2H])c(-c2c(-c3c4ccccc4c(-c4ccc(-c5ccccc5)cc4)c4ccccc34)c([2H])c3oc4c([2H])c([2H])c([2H])c([2H])c4c3c2[2H])c([2H])c1[2H]. The molecule has 8 aromatic carbocycles. The fraction of sp³-hybridized carbons (Fsp3) is 0. The van der Waals surface area contributed by atoms with Gasteiger partial charge in [-0.05, 0) is 84.2 Å². The fourth-order valence-electron chi connectivity index (χ4n) is 6.31. The molecule has 0 amide bonds. The maximum atomic E-state index is 9.86. The Balaban J connectivity index is 1.48. The van der Waals surface area contributed by atoms with Crippen molar-refractivity contribution in [2.45, 2.75) is 0 Å². The second kappa shape index (κ2) is 10.4. The van der Waals surface area contributed by atoms with E-state index in [-0.39, 0.29) is 44.7 Å². The highest BCUT2D eigenvalue weighted by Crippen LogP contribution is 2.48. The summed E-state index contributed by atoms with van der Waals surface area (Å²) in [4.78, 5) is 0. The van der Waals surface area contributed by atoms with Gasteiger partial charge in [0.2, 0.25) is 0 Å². The zero-order valence-corrected chi connectivity index (χ0v) is 23.7. The van der Waals surface area contributed by atoms with Gasteiger partial charge in [0.1, 0.15) is 11.2 Å². The van der Waals surface area contributed by atoms with Crippen LogP contribution in [0.3, 0.4) is 0 Å². The van der Waals surface area contributed by atoms with Crippen LogP contribution in [0.1, 0.15) is 15.1 Å². The number of fused-ring (bicyclic) bond motifs is 5. The minimum absolute atomic E-state index is 0.0636. The first kappa shape index (κ1) is 16.8. The average Bonchev–Trinajstić information content (AvgIpc) is 3.64. The summed E-state index contributed by atoms with van der Waals surface area (Å²) in [5.41, 5.74) is 3.60. The summed E-state index contributed by atoms with van der Waals surface area (Å²) in [7, 11) is 0. The molecule has 0 fully saturated rings. The average molecular weight is 584 g/mol. The van der Waals surface area contributed by atoms with Gasteiger partial charge >= 0.3 is 0 Å². The quantitative estimate of drug-likeness (QED) is 0.188. The molecule has 1 heterocycles. The second-order valence-electron chi connectivity index (χ2n) is 10.8. The molecule has 0 atom stereocenters. The van der Waals surface area contributed by atoms with E-state index in [0.717, 1.165) is 33.0 Å². The van der Waals surface area contributed by atoms with Gasteiger partial charge in [-0.1, -0.05) is 151 Å². The lowest BCUT2D eigenvalue weighted by Crippen LogP contribution is -1.93. The number of hydrogen-bond acceptors (Lipinski definition) is 1. The van der Waals surface area contributed by atoms with Crippen molar-refractivity contribution in [3.8, 4) is 44.5 Å². The predicted octanol–water partition coefficient (Wildman–Crippen LogP) is 12.6. The van der Waals surface area contributed by atoms with Crippen molar-refractivity contribution in [1.82, 2.24) is 0 Å². The van der Waals surface area contributed by atoms with Crippen LogP contribution in [0.4, 0.5) is 0 Å². The van der Waals surface area contributed by atoms with Crippen molar-refractivity contribution in [3.05, 3.63) is 170 Å². The molecule has 0 aliphatic rings. The van der Waals surface area contributed by atoms with E-state index in [1.807, 2.05) is 78.9 Å². The summed E-state index contributed by atoms with van der Waals surface area (Å²) in [6.45, 7) is 0. The third-order valence-corrected chi connectivity index (χ3v) is 8.28. The van der Waals surface area contributed by atoms with Gasteiger partial charge in [-0.15, -0.1) is 0 Å². The standard InChI is InChI=1S/C44H28O/c1-3-13-29(14-4-1)30-23-25-32(26-24-30)43-34-18-7-9-20-36(34)44(37-21-10-8-19-35(37)43)40-28-42-39(33-17-11-12-22-41(33)45-42)27-38(40)31-15-5-2-6-16-31/h1-28H/i2D,5D,6D,11D,12D,15D,16D,17D,22D,27D,28D. The Labute approximate surface area is 277 Å². The summed E-state index contributed by atoms with van der Waals surface area (Å²) in [6, 6.07) is 27.7. The molecule has 0 unspecified atom stereocenters. The summed E-state index contributed by atoms with van der Waals surface area (Å²) in [5, 5.41) is 2.68. The molecule has 0 N–H and O–H groups in total. The molecule has 9 rings (SSSR count). The van der Waals surface area contributed by atoms with E-state index >= 15 is 0 Å². The lowest BCUT2D eigenvalue weighted by atomic mass is 9.83. The molecule has 210 valence electrons. The lowest BCUT2D eigenvalue weighted by Gasteiger charge is -2.20. The van der Waals surface area contributed by atoms with Crippen molar-refractivity contribution < 1.29 is 19.5 Å². The van der Waals surface area contributed by atoms with E-state index in [9.17, 15) is 2.74 Å². The molecule has 0 spiro atoms. The van der Waals surface area contributed by atoms with Gasteiger partial charge in [0.25, 0.3) is 0 Å². The van der Waals surface area contributed by atoms with Crippen LogP contribution < -0.4 is 0 Å². The molecule has 0 aliphatic carbocycles. The smallest absolute Gasteiger partial charge is 0.136 e. The van der Waals surface area contributed by atoms with Gasteiger partial charge in [0, 0.05) is 10.8 Å². The van der Waals surface area contributed by atoms with Gasteiger partial charge < -0.3 is 4.42 Å². The molecule has 1 nitrogen and oxygen atoms in total. The number of rotatable bonds is 4. The Morgan fingerprint density at radius 3 is 1.60 bits per heavy atom. The second-order valence-corrected chi connectivity index (χ2v) is 10.8. The van der Waals surface area contributed by atoms with Crippen LogP contribution in [0.5, 0.6) is 0 Å². The van der Waals surface area contributed by atoms with E-state index in [1.165, 1.54) is 0 Å². The lowest BCUT2D eigenvalue weighted by molar-refractivity contribution is 0.669. The first-order valence-corrected chi connectivity index (χ1v) is 14.5. The van der Waals surface area contributed by atoms with Crippen LogP contribution in [0, 0.1) is 0 Å². The monoisotopic (exact) mass is 583 g/mol. The van der Waals surface area contributed by atoms with Gasteiger partial charge in [-0.2, -0.15) is 0 Å². The first-order chi connectivity index (χ1) is 26.9. The topological polar surface area (TPSA) is 13.1 Å². The molecule has 1 aromatic heterocycles. The van der Waals surface area contributed by atoms with Crippen molar-refractivity contribution in [2.24, 2.45) is 0 Å². The summed E-state index contributed by atoms with van der Waals surface area (Å²) >= 11 is 0. The summed E-state index contributed by atoms with van der Waals surface area (Å²) < 4.78 is 104. The third-order valence-electron chi connectivity index (χ3n) is 8.28. The van der Waals surface area contributed by atoms with E-state index < -0.39 is 60.4 Å². The number of hydrogen-bond donors (Lipinski definition) is 0. The molecule has 0 bridgehead atoms. The number of furan rings is 1.